The number of hydrogen-bond donors (Lipinski definition) is 3. The fraction of sp³-hybridized carbons (Fsp3) is 0.414. The van der Waals surface area contributed by atoms with Gasteiger partial charge in [-0.3, -0.25) is 19.8 Å². The van der Waals surface area contributed by atoms with Crippen molar-refractivity contribution in [3.63, 3.8) is 0 Å². The third-order valence-corrected chi connectivity index (χ3v) is 8.16. The van der Waals surface area contributed by atoms with Crippen LogP contribution in [0.15, 0.2) is 47.3 Å². The first-order valence-corrected chi connectivity index (χ1v) is 13.1. The number of likely N-dealkylation sites (tertiary alicyclic amines) is 1. The first-order valence-electron chi connectivity index (χ1n) is 13.1. The van der Waals surface area contributed by atoms with Gasteiger partial charge in [-0.1, -0.05) is 30.3 Å². The number of carbonyl (C=O) groups is 2. The zero-order chi connectivity index (χ0) is 27.0. The van der Waals surface area contributed by atoms with E-state index in [2.05, 4.69) is 0 Å². The molecule has 1 aliphatic heterocycles. The van der Waals surface area contributed by atoms with Crippen molar-refractivity contribution in [2.75, 3.05) is 13.1 Å². The molecule has 1 saturated heterocycles. The summed E-state index contributed by atoms with van der Waals surface area (Å²) in [5.74, 6) is -0.274. The second kappa shape index (κ2) is 10.0. The van der Waals surface area contributed by atoms with E-state index in [1.807, 2.05) is 35.2 Å². The Balaban J connectivity index is 1.37. The van der Waals surface area contributed by atoms with Gasteiger partial charge in [0.2, 0.25) is 5.91 Å². The number of carbonyl (C=O) groups excluding carboxylic acids is 1. The number of amidine groups is 1. The maximum Gasteiger partial charge on any atom is 0.303 e. The van der Waals surface area contributed by atoms with Crippen LogP contribution in [0.4, 0.5) is 0 Å². The third-order valence-electron chi connectivity index (χ3n) is 8.16. The molecule has 1 amide bonds. The summed E-state index contributed by atoms with van der Waals surface area (Å²) in [5, 5.41) is 16.5. The molecule has 5 rings (SSSR count). The summed E-state index contributed by atoms with van der Waals surface area (Å²) >= 11 is 0. The third kappa shape index (κ3) is 4.92. The first kappa shape index (κ1) is 25.6. The van der Waals surface area contributed by atoms with E-state index in [0.717, 1.165) is 42.3 Å². The minimum Gasteiger partial charge on any atom is -0.481 e. The fourth-order valence-corrected chi connectivity index (χ4v) is 5.61. The lowest BCUT2D eigenvalue weighted by atomic mass is 9.89. The molecule has 0 atom stereocenters. The second-order valence-corrected chi connectivity index (χ2v) is 10.7. The van der Waals surface area contributed by atoms with Crippen LogP contribution in [0.1, 0.15) is 60.9 Å². The Morgan fingerprint density at radius 3 is 2.42 bits per heavy atom. The molecule has 1 aliphatic carbocycles. The van der Waals surface area contributed by atoms with Crippen molar-refractivity contribution in [3.05, 3.63) is 75.2 Å². The molecule has 9 nitrogen and oxygen atoms in total. The quantitative estimate of drug-likeness (QED) is 0.311. The highest BCUT2D eigenvalue weighted by molar-refractivity contribution is 5.95. The monoisotopic (exact) mass is 515 g/mol. The summed E-state index contributed by atoms with van der Waals surface area (Å²) < 4.78 is 1.61. The number of aliphatic carboxylic acids is 1. The highest BCUT2D eigenvalue weighted by Gasteiger charge is 2.53. The number of hydrogen-bond acceptors (Lipinski definition) is 5. The summed E-state index contributed by atoms with van der Waals surface area (Å²) in [4.78, 5) is 44.2. The van der Waals surface area contributed by atoms with E-state index in [4.69, 9.17) is 21.2 Å². The van der Waals surface area contributed by atoms with Crippen LogP contribution < -0.4 is 11.3 Å². The maximum absolute atomic E-state index is 13.6. The number of rotatable bonds is 8. The topological polar surface area (TPSA) is 142 Å². The van der Waals surface area contributed by atoms with Gasteiger partial charge in [-0.05, 0) is 61.3 Å². The van der Waals surface area contributed by atoms with Crippen LogP contribution >= 0.6 is 0 Å². The van der Waals surface area contributed by atoms with Gasteiger partial charge >= 0.3 is 5.97 Å². The molecule has 3 aromatic rings. The smallest absolute Gasteiger partial charge is 0.303 e. The predicted octanol–water partition coefficient (Wildman–Crippen LogP) is 2.94. The summed E-state index contributed by atoms with van der Waals surface area (Å²) in [7, 11) is 1.74. The molecule has 2 aliphatic rings. The zero-order valence-corrected chi connectivity index (χ0v) is 21.6. The molecular weight excluding hydrogens is 482 g/mol. The number of nitrogen functional groups attached to an aromatic ring is 1. The molecule has 0 unspecified atom stereocenters. The summed E-state index contributed by atoms with van der Waals surface area (Å²) in [6.45, 7) is 1.33. The molecule has 2 heterocycles. The second-order valence-electron chi connectivity index (χ2n) is 10.7. The number of carboxylic acids is 1. The van der Waals surface area contributed by atoms with E-state index in [0.29, 0.717) is 48.6 Å². The number of fused-ring (bicyclic) bond motifs is 1. The van der Waals surface area contributed by atoms with Crippen LogP contribution in [0.3, 0.4) is 0 Å². The SMILES string of the molecule is Cn1c(=O)c(Cc2ccc(C(=N)N)cc2)nc2cc(C3(C(=O)N4CCC(CCC(=O)O)CC4)CC3)ccc21. The van der Waals surface area contributed by atoms with E-state index in [-0.39, 0.29) is 23.7 Å². The molecule has 0 radical (unpaired) electrons. The van der Waals surface area contributed by atoms with Crippen molar-refractivity contribution in [2.24, 2.45) is 18.7 Å². The van der Waals surface area contributed by atoms with Crippen LogP contribution in [-0.4, -0.2) is 50.4 Å². The average Bonchev–Trinajstić information content (AvgIpc) is 3.72. The number of aryl methyl sites for hydroxylation is 1. The minimum absolute atomic E-state index is 0.00469. The van der Waals surface area contributed by atoms with Crippen molar-refractivity contribution in [2.45, 2.75) is 50.4 Å². The highest BCUT2D eigenvalue weighted by atomic mass is 16.4. The number of nitrogens with two attached hydrogens (primary N) is 1. The highest BCUT2D eigenvalue weighted by Crippen LogP contribution is 2.50. The van der Waals surface area contributed by atoms with Crippen LogP contribution in [0.5, 0.6) is 0 Å². The van der Waals surface area contributed by atoms with Gasteiger partial charge in [0.15, 0.2) is 0 Å². The molecule has 2 fully saturated rings. The van der Waals surface area contributed by atoms with Crippen molar-refractivity contribution in [1.29, 1.82) is 5.41 Å². The van der Waals surface area contributed by atoms with Gasteiger partial charge < -0.3 is 20.3 Å². The normalized spacial score (nSPS) is 16.9. The zero-order valence-electron chi connectivity index (χ0n) is 21.6. The van der Waals surface area contributed by atoms with Crippen LogP contribution in [0.25, 0.3) is 11.0 Å². The number of nitrogens with zero attached hydrogens (tertiary/aromatic N) is 3. The lowest BCUT2D eigenvalue weighted by Gasteiger charge is -2.34. The Kier molecular flexibility index (Phi) is 6.77. The molecule has 1 saturated carbocycles. The van der Waals surface area contributed by atoms with E-state index < -0.39 is 11.4 Å². The number of piperidine rings is 1. The van der Waals surface area contributed by atoms with Crippen molar-refractivity contribution < 1.29 is 14.7 Å². The lowest BCUT2D eigenvalue weighted by Crippen LogP contribution is -2.44. The Hall–Kier alpha value is -4.01. The van der Waals surface area contributed by atoms with Gasteiger partial charge in [-0.25, -0.2) is 4.98 Å². The lowest BCUT2D eigenvalue weighted by molar-refractivity contribution is -0.138. The molecule has 198 valence electrons. The van der Waals surface area contributed by atoms with E-state index >= 15 is 0 Å². The first-order chi connectivity index (χ1) is 18.2. The minimum atomic E-state index is -0.767. The van der Waals surface area contributed by atoms with Gasteiger partial charge in [-0.2, -0.15) is 0 Å². The molecular formula is C29H33N5O4. The predicted molar refractivity (Wildman–Crippen MR) is 144 cm³/mol. The molecule has 2 aromatic carbocycles. The van der Waals surface area contributed by atoms with Crippen LogP contribution in [0, 0.1) is 11.3 Å². The molecule has 4 N–H and O–H groups in total. The molecule has 1 aromatic heterocycles. The number of carboxylic acid groups (broad SMARTS) is 1. The molecule has 9 heteroatoms. The number of benzene rings is 2. The molecule has 0 spiro atoms. The molecule has 0 bridgehead atoms. The number of aromatic nitrogens is 2. The van der Waals surface area contributed by atoms with E-state index in [9.17, 15) is 14.4 Å². The average molecular weight is 516 g/mol. The van der Waals surface area contributed by atoms with Crippen molar-refractivity contribution in [3.8, 4) is 0 Å². The molecule has 38 heavy (non-hydrogen) atoms. The summed E-state index contributed by atoms with van der Waals surface area (Å²) in [5.41, 5.74) is 9.13. The summed E-state index contributed by atoms with van der Waals surface area (Å²) in [6, 6.07) is 13.0. The van der Waals surface area contributed by atoms with Gasteiger partial charge in [0, 0.05) is 38.5 Å². The summed E-state index contributed by atoms with van der Waals surface area (Å²) in [6.07, 6.45) is 4.46. The standard InChI is InChI=1S/C29H33N5O4/c1-33-24-8-7-21(29(12-13-29)28(38)34-14-10-18(11-15-34)4-9-25(35)36)17-22(24)32-23(27(33)37)16-19-2-5-20(6-3-19)26(30)31/h2-3,5-8,17-18H,4,9-16H2,1H3,(H3,30,31)(H,35,36). The number of amides is 1. The van der Waals surface area contributed by atoms with Crippen LogP contribution in [0.2, 0.25) is 0 Å². The largest absolute Gasteiger partial charge is 0.481 e. The fourth-order valence-electron chi connectivity index (χ4n) is 5.61. The van der Waals surface area contributed by atoms with Crippen LogP contribution in [-0.2, 0) is 28.5 Å². The Morgan fingerprint density at radius 2 is 1.82 bits per heavy atom. The van der Waals surface area contributed by atoms with Gasteiger partial charge in [-0.15, -0.1) is 0 Å². The van der Waals surface area contributed by atoms with Crippen molar-refractivity contribution >= 4 is 28.7 Å². The van der Waals surface area contributed by atoms with E-state index in [1.165, 1.54) is 0 Å². The van der Waals surface area contributed by atoms with E-state index in [1.54, 1.807) is 23.7 Å². The Labute approximate surface area is 220 Å². The van der Waals surface area contributed by atoms with Gasteiger partial charge in [0.1, 0.15) is 11.5 Å². The maximum atomic E-state index is 13.6. The number of nitrogens with one attached hydrogen (secondary N) is 1. The Bertz CT molecular complexity index is 1460. The Morgan fingerprint density at radius 1 is 1.13 bits per heavy atom. The van der Waals surface area contributed by atoms with Gasteiger partial charge in [0.25, 0.3) is 5.56 Å². The van der Waals surface area contributed by atoms with Gasteiger partial charge in [0.05, 0.1) is 16.4 Å². The van der Waals surface area contributed by atoms with Crippen molar-refractivity contribution in [1.82, 2.24) is 14.5 Å².